The average molecular weight is 565 g/mol. The number of carbonyl (C=O) groups is 3. The first-order valence-electron chi connectivity index (χ1n) is 12.5. The van der Waals surface area contributed by atoms with Crippen LogP contribution in [-0.2, 0) is 16.1 Å². The molecule has 0 aliphatic carbocycles. The van der Waals surface area contributed by atoms with Crippen LogP contribution in [0.2, 0.25) is 5.02 Å². The van der Waals surface area contributed by atoms with Crippen molar-refractivity contribution in [2.24, 2.45) is 0 Å². The molecule has 3 aromatic carbocycles. The van der Waals surface area contributed by atoms with Crippen molar-refractivity contribution in [2.45, 2.75) is 33.2 Å². The van der Waals surface area contributed by atoms with E-state index in [0.29, 0.717) is 33.6 Å². The van der Waals surface area contributed by atoms with Crippen molar-refractivity contribution in [1.82, 2.24) is 4.90 Å². The lowest BCUT2D eigenvalue weighted by Gasteiger charge is -2.15. The zero-order chi connectivity index (χ0) is 27.9. The molecule has 3 aromatic rings. The number of halogens is 1. The van der Waals surface area contributed by atoms with Gasteiger partial charge in [0.25, 0.3) is 17.1 Å². The molecule has 0 aromatic heterocycles. The Labute approximate surface area is 237 Å². The van der Waals surface area contributed by atoms with Crippen molar-refractivity contribution in [1.29, 1.82) is 0 Å². The van der Waals surface area contributed by atoms with E-state index >= 15 is 0 Å². The monoisotopic (exact) mass is 564 g/mol. The Balaban J connectivity index is 1.44. The number of imide groups is 1. The summed E-state index contributed by atoms with van der Waals surface area (Å²) < 4.78 is 11.5. The summed E-state index contributed by atoms with van der Waals surface area (Å²) in [7, 11) is 0. The molecular formula is C30H29ClN2O5S. The lowest BCUT2D eigenvalue weighted by atomic mass is 10.0. The highest BCUT2D eigenvalue weighted by atomic mass is 35.5. The van der Waals surface area contributed by atoms with E-state index in [1.165, 1.54) is 4.90 Å². The summed E-state index contributed by atoms with van der Waals surface area (Å²) >= 11 is 6.82. The van der Waals surface area contributed by atoms with E-state index in [2.05, 4.69) is 19.2 Å². The number of para-hydroxylation sites is 1. The highest BCUT2D eigenvalue weighted by molar-refractivity contribution is 8.18. The lowest BCUT2D eigenvalue weighted by molar-refractivity contribution is -0.123. The molecule has 0 radical (unpaired) electrons. The second kappa shape index (κ2) is 12.9. The Kier molecular flexibility index (Phi) is 9.32. The van der Waals surface area contributed by atoms with Gasteiger partial charge in [-0.25, -0.2) is 0 Å². The number of amides is 3. The maximum atomic E-state index is 13.0. The summed E-state index contributed by atoms with van der Waals surface area (Å²) in [5.74, 6) is 0.443. The van der Waals surface area contributed by atoms with Crippen LogP contribution < -0.4 is 14.8 Å². The van der Waals surface area contributed by atoms with Crippen molar-refractivity contribution >= 4 is 52.2 Å². The lowest BCUT2D eigenvalue weighted by Crippen LogP contribution is -2.27. The van der Waals surface area contributed by atoms with E-state index in [1.54, 1.807) is 48.5 Å². The number of thioether (sulfide) groups is 1. The van der Waals surface area contributed by atoms with Crippen LogP contribution >= 0.6 is 23.4 Å². The minimum absolute atomic E-state index is 0.167. The molecule has 7 nitrogen and oxygen atoms in total. The molecule has 1 saturated heterocycles. The third-order valence-electron chi connectivity index (χ3n) is 5.91. The summed E-state index contributed by atoms with van der Waals surface area (Å²) in [6.07, 6.45) is 1.65. The largest absolute Gasteiger partial charge is 0.490 e. The van der Waals surface area contributed by atoms with Gasteiger partial charge in [0.1, 0.15) is 0 Å². The van der Waals surface area contributed by atoms with Gasteiger partial charge in [-0.05, 0) is 77.7 Å². The number of carbonyl (C=O) groups excluding carboxylic acids is 3. The van der Waals surface area contributed by atoms with E-state index < -0.39 is 0 Å². The first-order valence-corrected chi connectivity index (χ1v) is 13.7. The quantitative estimate of drug-likeness (QED) is 0.264. The minimum atomic E-state index is -0.364. The highest BCUT2D eigenvalue weighted by Gasteiger charge is 2.35. The van der Waals surface area contributed by atoms with Crippen molar-refractivity contribution in [2.75, 3.05) is 18.5 Å². The topological polar surface area (TPSA) is 84.9 Å². The van der Waals surface area contributed by atoms with Crippen LogP contribution in [0.3, 0.4) is 0 Å². The number of nitrogens with zero attached hydrogens (tertiary/aromatic N) is 1. The molecule has 39 heavy (non-hydrogen) atoms. The Morgan fingerprint density at radius 3 is 2.49 bits per heavy atom. The van der Waals surface area contributed by atoms with Gasteiger partial charge in [-0.2, -0.15) is 0 Å². The van der Waals surface area contributed by atoms with E-state index in [-0.39, 0.29) is 36.1 Å². The van der Waals surface area contributed by atoms with Gasteiger partial charge in [-0.1, -0.05) is 61.8 Å². The molecule has 0 spiro atoms. The number of hydrogen-bond donors (Lipinski definition) is 1. The van der Waals surface area contributed by atoms with Crippen molar-refractivity contribution in [3.8, 4) is 11.5 Å². The molecule has 3 amide bonds. The summed E-state index contributed by atoms with van der Waals surface area (Å²) in [6, 6.07) is 19.8. The summed E-state index contributed by atoms with van der Waals surface area (Å²) in [6.45, 7) is 6.32. The molecule has 4 rings (SSSR count). The van der Waals surface area contributed by atoms with E-state index in [0.717, 1.165) is 28.6 Å². The predicted molar refractivity (Wildman–Crippen MR) is 155 cm³/mol. The second-order valence-corrected chi connectivity index (χ2v) is 10.5. The van der Waals surface area contributed by atoms with Gasteiger partial charge in [-0.15, -0.1) is 0 Å². The molecule has 0 bridgehead atoms. The van der Waals surface area contributed by atoms with Crippen LogP contribution in [0.15, 0.2) is 71.6 Å². The number of rotatable bonds is 10. The minimum Gasteiger partial charge on any atom is -0.490 e. The summed E-state index contributed by atoms with van der Waals surface area (Å²) in [5.41, 5.74) is 3.27. The van der Waals surface area contributed by atoms with Crippen LogP contribution in [0, 0.1) is 0 Å². The Morgan fingerprint density at radius 2 is 1.77 bits per heavy atom. The Hall–Kier alpha value is -3.75. The Bertz CT molecular complexity index is 1400. The predicted octanol–water partition coefficient (Wildman–Crippen LogP) is 7.12. The van der Waals surface area contributed by atoms with Gasteiger partial charge in [0, 0.05) is 10.7 Å². The molecule has 1 aliphatic heterocycles. The molecule has 1 aliphatic rings. The fourth-order valence-corrected chi connectivity index (χ4v) is 4.97. The Morgan fingerprint density at radius 1 is 1.03 bits per heavy atom. The standard InChI is InChI=1S/C30H29ClN2O5S/c1-4-37-26-15-21(16-27-29(35)33(30(36)39-27)17-20-9-12-22(31)13-10-20)11-14-25(26)38-18-28(34)32-24-8-6-5-7-23(24)19(2)3/h5-16,19H,4,17-18H2,1-3H3,(H,32,34)/b27-16+. The maximum absolute atomic E-state index is 13.0. The number of ether oxygens (including phenoxy) is 2. The molecule has 0 atom stereocenters. The highest BCUT2D eigenvalue weighted by Crippen LogP contribution is 2.35. The summed E-state index contributed by atoms with van der Waals surface area (Å²) in [4.78, 5) is 39.6. The zero-order valence-electron chi connectivity index (χ0n) is 21.9. The number of benzene rings is 3. The molecular weight excluding hydrogens is 536 g/mol. The number of nitrogens with one attached hydrogen (secondary N) is 1. The van der Waals surface area contributed by atoms with Crippen LogP contribution in [0.5, 0.6) is 11.5 Å². The number of anilines is 1. The fraction of sp³-hybridized carbons (Fsp3) is 0.233. The van der Waals surface area contributed by atoms with Crippen LogP contribution in [0.4, 0.5) is 10.5 Å². The number of hydrogen-bond acceptors (Lipinski definition) is 6. The molecule has 0 saturated carbocycles. The van der Waals surface area contributed by atoms with Gasteiger partial charge in [0.2, 0.25) is 0 Å². The van der Waals surface area contributed by atoms with Crippen LogP contribution in [-0.4, -0.2) is 35.2 Å². The van der Waals surface area contributed by atoms with E-state index in [1.807, 2.05) is 31.2 Å². The van der Waals surface area contributed by atoms with Gasteiger partial charge >= 0.3 is 0 Å². The first kappa shape index (κ1) is 28.3. The molecule has 1 heterocycles. The summed E-state index contributed by atoms with van der Waals surface area (Å²) in [5, 5.41) is 3.16. The van der Waals surface area contributed by atoms with Crippen molar-refractivity contribution in [3.63, 3.8) is 0 Å². The fourth-order valence-electron chi connectivity index (χ4n) is 4.01. The van der Waals surface area contributed by atoms with Gasteiger partial charge in [-0.3, -0.25) is 19.3 Å². The third kappa shape index (κ3) is 7.22. The molecule has 1 fully saturated rings. The zero-order valence-corrected chi connectivity index (χ0v) is 23.5. The smallest absolute Gasteiger partial charge is 0.293 e. The molecule has 9 heteroatoms. The van der Waals surface area contributed by atoms with Crippen molar-refractivity contribution in [3.05, 3.63) is 93.3 Å². The van der Waals surface area contributed by atoms with Crippen LogP contribution in [0.25, 0.3) is 6.08 Å². The third-order valence-corrected chi connectivity index (χ3v) is 7.07. The SMILES string of the molecule is CCOc1cc(/C=C2/SC(=O)N(Cc3ccc(Cl)cc3)C2=O)ccc1OCC(=O)Nc1ccccc1C(C)C. The maximum Gasteiger partial charge on any atom is 0.293 e. The second-order valence-electron chi connectivity index (χ2n) is 9.11. The molecule has 0 unspecified atom stereocenters. The molecule has 1 N–H and O–H groups in total. The average Bonchev–Trinajstić information content (AvgIpc) is 3.17. The van der Waals surface area contributed by atoms with Gasteiger partial charge in [0.05, 0.1) is 18.1 Å². The molecule has 202 valence electrons. The first-order chi connectivity index (χ1) is 18.7. The van der Waals surface area contributed by atoms with E-state index in [9.17, 15) is 14.4 Å². The van der Waals surface area contributed by atoms with Gasteiger partial charge in [0.15, 0.2) is 18.1 Å². The van der Waals surface area contributed by atoms with Crippen LogP contribution in [0.1, 0.15) is 43.4 Å². The normalized spacial score (nSPS) is 14.3. The van der Waals surface area contributed by atoms with Gasteiger partial charge < -0.3 is 14.8 Å². The van der Waals surface area contributed by atoms with Crippen molar-refractivity contribution < 1.29 is 23.9 Å². The van der Waals surface area contributed by atoms with E-state index in [4.69, 9.17) is 21.1 Å².